The van der Waals surface area contributed by atoms with Gasteiger partial charge in [0.05, 0.1) is 10.2 Å². The van der Waals surface area contributed by atoms with Gasteiger partial charge < -0.3 is 15.1 Å². The SMILES string of the molecule is CSN1CCC(N2CCN(c3nc(C)cc(Nc4cc5nc(-c6cccc(C(=O)N(C)C)c6)sc5cn4)n3)CC2)CC1. The summed E-state index contributed by atoms with van der Waals surface area (Å²) in [6.07, 6.45) is 6.50. The van der Waals surface area contributed by atoms with Gasteiger partial charge >= 0.3 is 0 Å². The van der Waals surface area contributed by atoms with E-state index in [-0.39, 0.29) is 5.91 Å². The van der Waals surface area contributed by atoms with Crippen LogP contribution in [0.2, 0.25) is 0 Å². The molecule has 0 aliphatic carbocycles. The van der Waals surface area contributed by atoms with E-state index in [2.05, 4.69) is 30.7 Å². The highest BCUT2D eigenvalue weighted by molar-refractivity contribution is 7.96. The molecule has 10 nitrogen and oxygen atoms in total. The average molecular weight is 604 g/mol. The molecule has 3 aromatic heterocycles. The molecule has 2 aliphatic rings. The van der Waals surface area contributed by atoms with E-state index >= 15 is 0 Å². The van der Waals surface area contributed by atoms with E-state index < -0.39 is 0 Å². The number of hydrogen-bond acceptors (Lipinski definition) is 11. The van der Waals surface area contributed by atoms with Crippen molar-refractivity contribution >= 4 is 57.0 Å². The number of aromatic nitrogens is 4. The van der Waals surface area contributed by atoms with Crippen molar-refractivity contribution in [3.05, 3.63) is 53.9 Å². The van der Waals surface area contributed by atoms with E-state index in [4.69, 9.17) is 15.0 Å². The number of aryl methyl sites for hydroxylation is 1. The number of benzene rings is 1. The molecular formula is C30H37N9OS2. The first-order valence-electron chi connectivity index (χ1n) is 14.4. The zero-order valence-electron chi connectivity index (χ0n) is 24.6. The van der Waals surface area contributed by atoms with Crippen molar-refractivity contribution in [1.29, 1.82) is 0 Å². The third-order valence-electron chi connectivity index (χ3n) is 7.93. The number of hydrogen-bond donors (Lipinski definition) is 1. The van der Waals surface area contributed by atoms with Gasteiger partial charge in [-0.25, -0.2) is 15.0 Å². The number of piperazine rings is 1. The van der Waals surface area contributed by atoms with Crippen molar-refractivity contribution in [3.8, 4) is 10.6 Å². The van der Waals surface area contributed by atoms with Crippen LogP contribution in [0.25, 0.3) is 20.8 Å². The van der Waals surface area contributed by atoms with Crippen molar-refractivity contribution in [2.75, 3.05) is 69.8 Å². The second-order valence-electron chi connectivity index (χ2n) is 11.0. The first-order valence-corrected chi connectivity index (χ1v) is 16.4. The van der Waals surface area contributed by atoms with Crippen molar-refractivity contribution in [3.63, 3.8) is 0 Å². The lowest BCUT2D eigenvalue weighted by Crippen LogP contribution is -2.53. The maximum atomic E-state index is 12.4. The summed E-state index contributed by atoms with van der Waals surface area (Å²) in [5.74, 6) is 2.14. The number of carbonyl (C=O) groups excluding carboxylic acids is 1. The normalized spacial score (nSPS) is 17.1. The molecule has 5 heterocycles. The molecule has 0 radical (unpaired) electrons. The number of nitrogens with one attached hydrogen (secondary N) is 1. The summed E-state index contributed by atoms with van der Waals surface area (Å²) < 4.78 is 3.45. The summed E-state index contributed by atoms with van der Waals surface area (Å²) in [7, 11) is 3.51. The number of carbonyl (C=O) groups is 1. The van der Waals surface area contributed by atoms with Crippen LogP contribution in [0.5, 0.6) is 0 Å². The molecule has 2 saturated heterocycles. The van der Waals surface area contributed by atoms with Crippen LogP contribution in [0.1, 0.15) is 28.9 Å². The Bertz CT molecular complexity index is 1560. The topological polar surface area (TPSA) is 93.6 Å². The molecule has 1 amide bonds. The second kappa shape index (κ2) is 12.5. The van der Waals surface area contributed by atoms with Crippen molar-refractivity contribution in [2.45, 2.75) is 25.8 Å². The fourth-order valence-electron chi connectivity index (χ4n) is 5.64. The standard InChI is InChI=1S/C30H37N9OS2/c1-20-16-27(35-30(32-20)38-14-12-37(13-15-38)23-8-10-39(41-4)11-9-23)34-26-18-24-25(19-31-26)42-28(33-24)21-6-5-7-22(17-21)29(40)36(2)3/h5-7,16-19,23H,8-15H2,1-4H3,(H,31,32,34,35). The summed E-state index contributed by atoms with van der Waals surface area (Å²) in [5, 5.41) is 4.23. The van der Waals surface area contributed by atoms with Gasteiger partial charge in [-0.05, 0) is 38.2 Å². The quantitative estimate of drug-likeness (QED) is 0.298. The minimum absolute atomic E-state index is 0.0283. The number of piperidine rings is 1. The molecular weight excluding hydrogens is 567 g/mol. The van der Waals surface area contributed by atoms with Crippen molar-refractivity contribution in [1.82, 2.24) is 34.0 Å². The Balaban J connectivity index is 1.13. The van der Waals surface area contributed by atoms with Crippen LogP contribution in [-0.4, -0.2) is 106 Å². The molecule has 220 valence electrons. The predicted molar refractivity (Wildman–Crippen MR) is 173 cm³/mol. The van der Waals surface area contributed by atoms with Crippen LogP contribution in [-0.2, 0) is 0 Å². The van der Waals surface area contributed by atoms with Crippen LogP contribution in [0.3, 0.4) is 0 Å². The van der Waals surface area contributed by atoms with Crippen LogP contribution < -0.4 is 10.2 Å². The van der Waals surface area contributed by atoms with Gasteiger partial charge in [-0.3, -0.25) is 14.0 Å². The Morgan fingerprint density at radius 2 is 1.79 bits per heavy atom. The Labute approximate surface area is 255 Å². The molecule has 0 bridgehead atoms. The number of nitrogens with zero attached hydrogens (tertiary/aromatic N) is 8. The highest BCUT2D eigenvalue weighted by Crippen LogP contribution is 2.32. The lowest BCUT2D eigenvalue weighted by atomic mass is 10.0. The molecule has 42 heavy (non-hydrogen) atoms. The van der Waals surface area contributed by atoms with Gasteiger partial charge in [-0.15, -0.1) is 11.3 Å². The summed E-state index contributed by atoms with van der Waals surface area (Å²) in [5.41, 5.74) is 3.32. The Kier molecular flexibility index (Phi) is 8.57. The van der Waals surface area contributed by atoms with Crippen molar-refractivity contribution < 1.29 is 4.79 Å². The highest BCUT2D eigenvalue weighted by Gasteiger charge is 2.28. The fraction of sp³-hybridized carbons (Fsp3) is 0.433. The van der Waals surface area contributed by atoms with Crippen LogP contribution >= 0.6 is 23.3 Å². The molecule has 6 rings (SSSR count). The monoisotopic (exact) mass is 603 g/mol. The molecule has 0 unspecified atom stereocenters. The van der Waals surface area contributed by atoms with E-state index in [0.717, 1.165) is 64.4 Å². The molecule has 0 spiro atoms. The number of pyridine rings is 1. The number of amides is 1. The minimum atomic E-state index is -0.0283. The number of thiazole rings is 1. The number of rotatable bonds is 7. The summed E-state index contributed by atoms with van der Waals surface area (Å²) >= 11 is 3.43. The molecule has 1 N–H and O–H groups in total. The molecule has 1 aromatic carbocycles. The zero-order valence-corrected chi connectivity index (χ0v) is 26.2. The number of fused-ring (bicyclic) bond motifs is 1. The van der Waals surface area contributed by atoms with Crippen LogP contribution in [0.4, 0.5) is 17.6 Å². The summed E-state index contributed by atoms with van der Waals surface area (Å²) in [4.78, 5) is 38.1. The van der Waals surface area contributed by atoms with Gasteiger partial charge in [0, 0.05) is 94.6 Å². The molecule has 4 aromatic rings. The summed E-state index contributed by atoms with van der Waals surface area (Å²) in [6, 6.07) is 12.2. The lowest BCUT2D eigenvalue weighted by Gasteiger charge is -2.42. The van der Waals surface area contributed by atoms with E-state index in [0.29, 0.717) is 17.4 Å². The number of anilines is 3. The molecule has 0 saturated carbocycles. The second-order valence-corrected chi connectivity index (χ2v) is 12.9. The van der Waals surface area contributed by atoms with Crippen LogP contribution in [0.15, 0.2) is 42.6 Å². The molecule has 2 fully saturated rings. The van der Waals surface area contributed by atoms with E-state index in [9.17, 15) is 4.79 Å². The van der Waals surface area contributed by atoms with Gasteiger partial charge in [-0.2, -0.15) is 4.98 Å². The lowest BCUT2D eigenvalue weighted by molar-refractivity contribution is 0.0827. The van der Waals surface area contributed by atoms with Gasteiger partial charge in [-0.1, -0.05) is 24.1 Å². The molecule has 2 aliphatic heterocycles. The van der Waals surface area contributed by atoms with Crippen molar-refractivity contribution in [2.24, 2.45) is 0 Å². The minimum Gasteiger partial charge on any atom is -0.345 e. The van der Waals surface area contributed by atoms with Gasteiger partial charge in [0.15, 0.2) is 0 Å². The first kappa shape index (κ1) is 28.8. The largest absolute Gasteiger partial charge is 0.345 e. The molecule has 0 atom stereocenters. The highest BCUT2D eigenvalue weighted by atomic mass is 32.2. The summed E-state index contributed by atoms with van der Waals surface area (Å²) in [6.45, 7) is 8.30. The van der Waals surface area contributed by atoms with E-state index in [1.165, 1.54) is 25.9 Å². The predicted octanol–water partition coefficient (Wildman–Crippen LogP) is 4.77. The van der Waals surface area contributed by atoms with Gasteiger partial charge in [0.25, 0.3) is 5.91 Å². The maximum absolute atomic E-state index is 12.4. The first-order chi connectivity index (χ1) is 20.4. The maximum Gasteiger partial charge on any atom is 0.253 e. The van der Waals surface area contributed by atoms with E-state index in [1.807, 2.05) is 61.5 Å². The third-order valence-corrected chi connectivity index (χ3v) is 9.87. The van der Waals surface area contributed by atoms with Gasteiger partial charge in [0.1, 0.15) is 16.6 Å². The fourth-order valence-corrected chi connectivity index (χ4v) is 7.12. The zero-order chi connectivity index (χ0) is 29.2. The average Bonchev–Trinajstić information content (AvgIpc) is 3.44. The third kappa shape index (κ3) is 6.36. The van der Waals surface area contributed by atoms with Gasteiger partial charge in [0.2, 0.25) is 5.95 Å². The van der Waals surface area contributed by atoms with Crippen LogP contribution in [0, 0.1) is 6.92 Å². The molecule has 12 heteroatoms. The Morgan fingerprint density at radius 1 is 1.00 bits per heavy atom. The van der Waals surface area contributed by atoms with E-state index in [1.54, 1.807) is 30.3 Å². The Morgan fingerprint density at radius 3 is 2.52 bits per heavy atom. The smallest absolute Gasteiger partial charge is 0.253 e. The Hall–Kier alpha value is -3.32.